The third-order valence-electron chi connectivity index (χ3n) is 3.82. The van der Waals surface area contributed by atoms with Crippen LogP contribution in [-0.4, -0.2) is 27.9 Å². The topological polar surface area (TPSA) is 84.4 Å². The third-order valence-corrected chi connectivity index (χ3v) is 4.01. The number of aliphatic hydroxyl groups is 1. The van der Waals surface area contributed by atoms with E-state index in [1.165, 1.54) is 0 Å². The summed E-state index contributed by atoms with van der Waals surface area (Å²) in [6.45, 7) is 0.142. The molecule has 3 unspecified atom stereocenters. The van der Waals surface area contributed by atoms with Gasteiger partial charge in [0.2, 0.25) is 5.95 Å². The zero-order valence-corrected chi connectivity index (χ0v) is 11.5. The largest absolute Gasteiger partial charge is 0.396 e. The molecular formula is C14H15ClN4O. The van der Waals surface area contributed by atoms with Crippen LogP contribution in [-0.2, 0) is 5.54 Å². The molecule has 3 atom stereocenters. The first-order valence-corrected chi connectivity index (χ1v) is 6.84. The zero-order valence-electron chi connectivity index (χ0n) is 10.8. The van der Waals surface area contributed by atoms with Gasteiger partial charge in [0, 0.05) is 30.7 Å². The number of anilines is 1. The highest BCUT2D eigenvalue weighted by atomic mass is 35.5. The van der Waals surface area contributed by atoms with Gasteiger partial charge >= 0.3 is 0 Å². The Balaban J connectivity index is 2.03. The minimum Gasteiger partial charge on any atom is -0.396 e. The molecule has 2 heterocycles. The molecule has 1 aromatic heterocycles. The van der Waals surface area contributed by atoms with E-state index in [0.29, 0.717) is 10.8 Å². The van der Waals surface area contributed by atoms with E-state index in [9.17, 15) is 5.11 Å². The second-order valence-corrected chi connectivity index (χ2v) is 5.45. The van der Waals surface area contributed by atoms with E-state index in [-0.39, 0.29) is 24.4 Å². The highest BCUT2D eigenvalue weighted by molar-refractivity contribution is 6.29. The number of hydrogen-bond donors (Lipinski definition) is 2. The van der Waals surface area contributed by atoms with Crippen LogP contribution >= 0.6 is 11.6 Å². The van der Waals surface area contributed by atoms with Gasteiger partial charge in [0.05, 0.1) is 5.69 Å². The first-order valence-electron chi connectivity index (χ1n) is 6.47. The van der Waals surface area contributed by atoms with Crippen molar-refractivity contribution in [3.8, 4) is 0 Å². The van der Waals surface area contributed by atoms with E-state index in [2.05, 4.69) is 21.0 Å². The Morgan fingerprint density at radius 2 is 2.25 bits per heavy atom. The number of nitrogens with zero attached hydrogens (tertiary/aromatic N) is 3. The molecule has 0 aromatic carbocycles. The molecule has 3 N–H and O–H groups in total. The fourth-order valence-electron chi connectivity index (χ4n) is 2.84. The van der Waals surface area contributed by atoms with Gasteiger partial charge in [0.25, 0.3) is 0 Å². The molecule has 3 rings (SSSR count). The van der Waals surface area contributed by atoms with E-state index < -0.39 is 5.54 Å². The maximum absolute atomic E-state index is 9.29. The van der Waals surface area contributed by atoms with Gasteiger partial charge in [-0.2, -0.15) is 0 Å². The fraction of sp³-hybridized carbons (Fsp3) is 0.357. The van der Waals surface area contributed by atoms with Crippen molar-refractivity contribution in [1.29, 1.82) is 0 Å². The SMILES string of the molecule is Nc1nc(Cl)cc(C2(C3C=CC(CO)C3)C=CC=N2)n1. The van der Waals surface area contributed by atoms with Crippen molar-refractivity contribution in [2.75, 3.05) is 12.3 Å². The lowest BCUT2D eigenvalue weighted by molar-refractivity contribution is 0.233. The predicted molar refractivity (Wildman–Crippen MR) is 78.6 cm³/mol. The number of rotatable bonds is 3. The average Bonchev–Trinajstić information content (AvgIpc) is 3.07. The van der Waals surface area contributed by atoms with E-state index in [1.54, 1.807) is 12.3 Å². The van der Waals surface area contributed by atoms with Gasteiger partial charge in [-0.05, 0) is 18.6 Å². The lowest BCUT2D eigenvalue weighted by Gasteiger charge is -2.30. The molecule has 0 spiro atoms. The van der Waals surface area contributed by atoms with Crippen molar-refractivity contribution >= 4 is 23.8 Å². The number of aromatic nitrogens is 2. The number of aliphatic hydroxyl groups excluding tert-OH is 1. The molecular weight excluding hydrogens is 276 g/mol. The second kappa shape index (κ2) is 5.00. The van der Waals surface area contributed by atoms with Gasteiger partial charge in [0.15, 0.2) is 0 Å². The molecule has 104 valence electrons. The molecule has 1 aromatic rings. The van der Waals surface area contributed by atoms with Crippen LogP contribution in [0.5, 0.6) is 0 Å². The highest BCUT2D eigenvalue weighted by Gasteiger charge is 2.42. The Bertz CT molecular complexity index is 579. The van der Waals surface area contributed by atoms with Crippen LogP contribution in [0.3, 0.4) is 0 Å². The summed E-state index contributed by atoms with van der Waals surface area (Å²) in [6.07, 6.45) is 10.6. The fourth-order valence-corrected chi connectivity index (χ4v) is 3.03. The van der Waals surface area contributed by atoms with Gasteiger partial charge in [-0.1, -0.05) is 23.8 Å². The summed E-state index contributed by atoms with van der Waals surface area (Å²) in [6, 6.07) is 1.70. The standard InChI is InChI=1S/C14H15ClN4O/c15-12-7-11(18-13(16)19-12)14(4-1-5-17-14)10-3-2-9(6-10)8-20/h1-5,7,9-10,20H,6,8H2,(H2,16,18,19). The predicted octanol–water partition coefficient (Wildman–Crippen LogP) is 1.73. The van der Waals surface area contributed by atoms with Crippen LogP contribution in [0.2, 0.25) is 5.15 Å². The van der Waals surface area contributed by atoms with Gasteiger partial charge < -0.3 is 10.8 Å². The monoisotopic (exact) mass is 290 g/mol. The van der Waals surface area contributed by atoms with Crippen LogP contribution < -0.4 is 5.73 Å². The van der Waals surface area contributed by atoms with E-state index in [4.69, 9.17) is 17.3 Å². The van der Waals surface area contributed by atoms with Gasteiger partial charge in [-0.25, -0.2) is 9.97 Å². The summed E-state index contributed by atoms with van der Waals surface area (Å²) >= 11 is 5.99. The summed E-state index contributed by atoms with van der Waals surface area (Å²) in [5, 5.41) is 9.60. The normalized spacial score (nSPS) is 31.3. The van der Waals surface area contributed by atoms with Crippen LogP contribution in [0.25, 0.3) is 0 Å². The average molecular weight is 291 g/mol. The van der Waals surface area contributed by atoms with Crippen molar-refractivity contribution in [2.24, 2.45) is 16.8 Å². The smallest absolute Gasteiger partial charge is 0.221 e. The van der Waals surface area contributed by atoms with E-state index >= 15 is 0 Å². The van der Waals surface area contributed by atoms with E-state index in [0.717, 1.165) is 6.42 Å². The molecule has 0 bridgehead atoms. The number of halogens is 1. The number of aliphatic imine (C=N–C) groups is 1. The van der Waals surface area contributed by atoms with Crippen LogP contribution in [0.15, 0.2) is 35.4 Å². The number of allylic oxidation sites excluding steroid dienone is 1. The Morgan fingerprint density at radius 3 is 2.85 bits per heavy atom. The summed E-state index contributed by atoms with van der Waals surface area (Å²) in [7, 11) is 0. The summed E-state index contributed by atoms with van der Waals surface area (Å²) in [5.41, 5.74) is 5.79. The number of nitrogens with two attached hydrogens (primary N) is 1. The Hall–Kier alpha value is -1.72. The molecule has 1 aliphatic carbocycles. The van der Waals surface area contributed by atoms with Gasteiger partial charge in [-0.15, -0.1) is 0 Å². The van der Waals surface area contributed by atoms with Crippen molar-refractivity contribution in [1.82, 2.24) is 9.97 Å². The van der Waals surface area contributed by atoms with E-state index in [1.807, 2.05) is 18.2 Å². The maximum atomic E-state index is 9.29. The molecule has 0 saturated heterocycles. The highest BCUT2D eigenvalue weighted by Crippen LogP contribution is 2.44. The maximum Gasteiger partial charge on any atom is 0.221 e. The number of hydrogen-bond acceptors (Lipinski definition) is 5. The minimum absolute atomic E-state index is 0.125. The molecule has 0 radical (unpaired) electrons. The summed E-state index contributed by atoms with van der Waals surface area (Å²) in [5.74, 6) is 0.429. The molecule has 2 aliphatic rings. The van der Waals surface area contributed by atoms with Crippen LogP contribution in [0, 0.1) is 11.8 Å². The molecule has 1 aliphatic heterocycles. The zero-order chi connectivity index (χ0) is 14.2. The lowest BCUT2D eigenvalue weighted by atomic mass is 9.80. The van der Waals surface area contributed by atoms with Gasteiger partial charge in [-0.3, -0.25) is 4.99 Å². The Labute approximate surface area is 121 Å². The summed E-state index contributed by atoms with van der Waals surface area (Å²) in [4.78, 5) is 12.8. The molecule has 0 saturated carbocycles. The summed E-state index contributed by atoms with van der Waals surface area (Å²) < 4.78 is 0. The van der Waals surface area contributed by atoms with Crippen molar-refractivity contribution in [3.05, 3.63) is 41.2 Å². The first-order chi connectivity index (χ1) is 9.64. The molecule has 0 amide bonds. The van der Waals surface area contributed by atoms with Crippen LogP contribution in [0.1, 0.15) is 12.1 Å². The Kier molecular flexibility index (Phi) is 3.31. The third kappa shape index (κ3) is 2.13. The molecule has 0 fully saturated rings. The van der Waals surface area contributed by atoms with Crippen LogP contribution in [0.4, 0.5) is 5.95 Å². The number of nitrogen functional groups attached to an aromatic ring is 1. The molecule has 20 heavy (non-hydrogen) atoms. The first kappa shape index (κ1) is 13.3. The lowest BCUT2D eigenvalue weighted by Crippen LogP contribution is -2.30. The van der Waals surface area contributed by atoms with Gasteiger partial charge in [0.1, 0.15) is 10.7 Å². The van der Waals surface area contributed by atoms with Crippen molar-refractivity contribution in [2.45, 2.75) is 12.0 Å². The Morgan fingerprint density at radius 1 is 1.40 bits per heavy atom. The van der Waals surface area contributed by atoms with Crippen molar-refractivity contribution in [3.63, 3.8) is 0 Å². The van der Waals surface area contributed by atoms with Crippen molar-refractivity contribution < 1.29 is 5.11 Å². The minimum atomic E-state index is -0.596. The molecule has 6 heteroatoms. The second-order valence-electron chi connectivity index (χ2n) is 5.07. The quantitative estimate of drug-likeness (QED) is 0.656. The molecule has 5 nitrogen and oxygen atoms in total.